The fourth-order valence-corrected chi connectivity index (χ4v) is 1.23. The van der Waals surface area contributed by atoms with E-state index in [1.165, 1.54) is 0 Å². The number of hydrogen-bond donors (Lipinski definition) is 0. The topological polar surface area (TPSA) is 43.4 Å². The number of ketones is 1. The third-order valence-electron chi connectivity index (χ3n) is 2.38. The molecule has 0 bridgehead atoms. The van der Waals surface area contributed by atoms with Crippen molar-refractivity contribution in [2.75, 3.05) is 6.61 Å². The first-order valence-electron chi connectivity index (χ1n) is 5.35. The van der Waals surface area contributed by atoms with Gasteiger partial charge in [-0.05, 0) is 12.8 Å². The summed E-state index contributed by atoms with van der Waals surface area (Å²) in [5.41, 5.74) is 0.324. The fourth-order valence-electron chi connectivity index (χ4n) is 1.23. The summed E-state index contributed by atoms with van der Waals surface area (Å²) in [4.78, 5) is 22.4. The molecule has 0 aromatic rings. The lowest BCUT2D eigenvalue weighted by Gasteiger charge is -2.10. The van der Waals surface area contributed by atoms with Crippen LogP contribution in [-0.4, -0.2) is 18.4 Å². The molecule has 0 amide bonds. The Labute approximate surface area is 91.5 Å². The molecular formula is C12H20O3. The van der Waals surface area contributed by atoms with Gasteiger partial charge in [-0.2, -0.15) is 0 Å². The average Bonchev–Trinajstić information content (AvgIpc) is 2.22. The van der Waals surface area contributed by atoms with Gasteiger partial charge in [-0.15, -0.1) is 0 Å². The molecule has 0 spiro atoms. The Morgan fingerprint density at radius 1 is 1.27 bits per heavy atom. The van der Waals surface area contributed by atoms with Crippen LogP contribution in [0.2, 0.25) is 0 Å². The zero-order chi connectivity index (χ0) is 11.8. The minimum atomic E-state index is -0.493. The smallest absolute Gasteiger partial charge is 0.333 e. The van der Waals surface area contributed by atoms with E-state index in [0.717, 1.165) is 12.8 Å². The van der Waals surface area contributed by atoms with Gasteiger partial charge in [0, 0.05) is 12.0 Å². The molecule has 0 aliphatic heterocycles. The molecule has 0 rings (SSSR count). The van der Waals surface area contributed by atoms with Gasteiger partial charge in [0.2, 0.25) is 0 Å². The van der Waals surface area contributed by atoms with Crippen molar-refractivity contribution < 1.29 is 14.3 Å². The molecule has 0 aromatic heterocycles. The second-order valence-corrected chi connectivity index (χ2v) is 3.78. The number of rotatable bonds is 7. The van der Waals surface area contributed by atoms with Crippen LogP contribution in [0.5, 0.6) is 0 Å². The Hall–Kier alpha value is -1.12. The third kappa shape index (κ3) is 6.05. The lowest BCUT2D eigenvalue weighted by Crippen LogP contribution is -2.16. The van der Waals surface area contributed by atoms with Crippen molar-refractivity contribution >= 4 is 11.8 Å². The zero-order valence-electron chi connectivity index (χ0n) is 9.84. The van der Waals surface area contributed by atoms with Crippen molar-refractivity contribution in [1.82, 2.24) is 0 Å². The molecule has 15 heavy (non-hydrogen) atoms. The fraction of sp³-hybridized carbons (Fsp3) is 0.667. The molecule has 86 valence electrons. The number of Topliss-reactive ketones (excluding diaryl/α,β-unsaturated/α-hetero) is 1. The van der Waals surface area contributed by atoms with Crippen molar-refractivity contribution in [3.63, 3.8) is 0 Å². The molecule has 0 heterocycles. The minimum Gasteiger partial charge on any atom is -0.454 e. The molecule has 3 heteroatoms. The van der Waals surface area contributed by atoms with Gasteiger partial charge in [0.15, 0.2) is 5.78 Å². The molecule has 0 aliphatic carbocycles. The molecule has 3 nitrogen and oxygen atoms in total. The molecule has 0 aliphatic rings. The maximum absolute atomic E-state index is 11.4. The number of ether oxygens (including phenoxy) is 1. The number of esters is 1. The van der Waals surface area contributed by atoms with Gasteiger partial charge >= 0.3 is 5.97 Å². The van der Waals surface area contributed by atoms with E-state index in [-0.39, 0.29) is 12.4 Å². The predicted octanol–water partition coefficient (Wildman–Crippen LogP) is 2.50. The maximum Gasteiger partial charge on any atom is 0.333 e. The standard InChI is InChI=1S/C12H20O3/c1-5-10(6-2)7-11(13)8-15-12(14)9(3)4/h10H,3,5-8H2,1-2,4H3. The second-order valence-electron chi connectivity index (χ2n) is 3.78. The first kappa shape index (κ1) is 13.9. The van der Waals surface area contributed by atoms with Gasteiger partial charge in [-0.25, -0.2) is 4.79 Å². The Bertz CT molecular complexity index is 239. The van der Waals surface area contributed by atoms with Crippen molar-refractivity contribution in [2.24, 2.45) is 5.92 Å². The molecule has 0 N–H and O–H groups in total. The van der Waals surface area contributed by atoms with Gasteiger partial charge in [0.1, 0.15) is 6.61 Å². The first-order chi connectivity index (χ1) is 7.01. The summed E-state index contributed by atoms with van der Waals surface area (Å²) in [6.45, 7) is 8.99. The van der Waals surface area contributed by atoms with E-state index < -0.39 is 5.97 Å². The van der Waals surface area contributed by atoms with Crippen LogP contribution in [0.15, 0.2) is 12.2 Å². The van der Waals surface area contributed by atoms with Crippen LogP contribution in [0.4, 0.5) is 0 Å². The Morgan fingerprint density at radius 2 is 1.80 bits per heavy atom. The molecule has 0 unspecified atom stereocenters. The highest BCUT2D eigenvalue weighted by molar-refractivity contribution is 5.89. The molecular weight excluding hydrogens is 192 g/mol. The summed E-state index contributed by atoms with van der Waals surface area (Å²) in [6, 6.07) is 0. The van der Waals surface area contributed by atoms with Crippen LogP contribution in [0.25, 0.3) is 0 Å². The number of carbonyl (C=O) groups excluding carboxylic acids is 2. The van der Waals surface area contributed by atoms with E-state index >= 15 is 0 Å². The van der Waals surface area contributed by atoms with Crippen LogP contribution >= 0.6 is 0 Å². The second kappa shape index (κ2) is 7.21. The van der Waals surface area contributed by atoms with Crippen LogP contribution in [0.3, 0.4) is 0 Å². The van der Waals surface area contributed by atoms with Gasteiger partial charge in [0.25, 0.3) is 0 Å². The first-order valence-corrected chi connectivity index (χ1v) is 5.35. The van der Waals surface area contributed by atoms with E-state index in [1.807, 2.05) is 0 Å². The van der Waals surface area contributed by atoms with Gasteiger partial charge in [-0.3, -0.25) is 4.79 Å². The van der Waals surface area contributed by atoms with Gasteiger partial charge < -0.3 is 4.74 Å². The van der Waals surface area contributed by atoms with E-state index in [0.29, 0.717) is 17.9 Å². The highest BCUT2D eigenvalue weighted by Crippen LogP contribution is 2.12. The molecule has 0 fully saturated rings. The predicted molar refractivity (Wildman–Crippen MR) is 59.5 cm³/mol. The molecule has 0 aromatic carbocycles. The van der Waals surface area contributed by atoms with Crippen molar-refractivity contribution in [2.45, 2.75) is 40.0 Å². The molecule has 0 saturated heterocycles. The molecule has 0 saturated carbocycles. The van der Waals surface area contributed by atoms with Gasteiger partial charge in [-0.1, -0.05) is 33.3 Å². The van der Waals surface area contributed by atoms with Crippen molar-refractivity contribution in [3.05, 3.63) is 12.2 Å². The number of carbonyl (C=O) groups is 2. The van der Waals surface area contributed by atoms with Gasteiger partial charge in [0.05, 0.1) is 0 Å². The van der Waals surface area contributed by atoms with Crippen molar-refractivity contribution in [1.29, 1.82) is 0 Å². The zero-order valence-corrected chi connectivity index (χ0v) is 9.84. The van der Waals surface area contributed by atoms with Crippen LogP contribution in [0, 0.1) is 5.92 Å². The quantitative estimate of drug-likeness (QED) is 0.481. The monoisotopic (exact) mass is 212 g/mol. The Morgan fingerprint density at radius 3 is 2.20 bits per heavy atom. The van der Waals surface area contributed by atoms with Crippen LogP contribution in [-0.2, 0) is 14.3 Å². The summed E-state index contributed by atoms with van der Waals surface area (Å²) in [7, 11) is 0. The van der Waals surface area contributed by atoms with E-state index in [4.69, 9.17) is 4.74 Å². The highest BCUT2D eigenvalue weighted by atomic mass is 16.5. The molecule has 0 atom stereocenters. The Balaban J connectivity index is 3.84. The van der Waals surface area contributed by atoms with Crippen LogP contribution < -0.4 is 0 Å². The average molecular weight is 212 g/mol. The lowest BCUT2D eigenvalue weighted by atomic mass is 9.97. The summed E-state index contributed by atoms with van der Waals surface area (Å²) < 4.78 is 4.77. The maximum atomic E-state index is 11.4. The Kier molecular flexibility index (Phi) is 6.67. The van der Waals surface area contributed by atoms with E-state index in [1.54, 1.807) is 6.92 Å². The normalized spacial score (nSPS) is 10.1. The highest BCUT2D eigenvalue weighted by Gasteiger charge is 2.12. The minimum absolute atomic E-state index is 0.0155. The third-order valence-corrected chi connectivity index (χ3v) is 2.38. The summed E-state index contributed by atoms with van der Waals surface area (Å²) in [5, 5.41) is 0. The largest absolute Gasteiger partial charge is 0.454 e. The number of hydrogen-bond acceptors (Lipinski definition) is 3. The SMILES string of the molecule is C=C(C)C(=O)OCC(=O)CC(CC)CC. The van der Waals surface area contributed by atoms with E-state index in [2.05, 4.69) is 20.4 Å². The summed E-state index contributed by atoms with van der Waals surface area (Å²) in [6.07, 6.45) is 2.46. The van der Waals surface area contributed by atoms with E-state index in [9.17, 15) is 9.59 Å². The lowest BCUT2D eigenvalue weighted by molar-refractivity contribution is -0.144. The summed E-state index contributed by atoms with van der Waals surface area (Å²) in [5.74, 6) is -0.104. The van der Waals surface area contributed by atoms with Crippen molar-refractivity contribution in [3.8, 4) is 0 Å². The summed E-state index contributed by atoms with van der Waals surface area (Å²) >= 11 is 0. The van der Waals surface area contributed by atoms with Crippen LogP contribution in [0.1, 0.15) is 40.0 Å². The molecule has 0 radical (unpaired) electrons.